The van der Waals surface area contributed by atoms with Gasteiger partial charge in [-0.1, -0.05) is 6.07 Å². The zero-order valence-corrected chi connectivity index (χ0v) is 10.7. The number of carboxylic acid groups (broad SMARTS) is 1. The fourth-order valence-electron chi connectivity index (χ4n) is 2.52. The molecule has 20 heavy (non-hydrogen) atoms. The van der Waals surface area contributed by atoms with Gasteiger partial charge in [0.05, 0.1) is 10.8 Å². The van der Waals surface area contributed by atoms with E-state index in [1.165, 1.54) is 12.1 Å². The average molecular weight is 282 g/mol. The molecule has 1 aromatic rings. The summed E-state index contributed by atoms with van der Waals surface area (Å²) in [6.07, 6.45) is 2.25. The highest BCUT2D eigenvalue weighted by molar-refractivity contribution is 5.70. The molecule has 108 valence electrons. The maximum absolute atomic E-state index is 13.5. The second-order valence-corrected chi connectivity index (χ2v) is 4.92. The third-order valence-electron chi connectivity index (χ3n) is 3.61. The van der Waals surface area contributed by atoms with Crippen LogP contribution in [-0.4, -0.2) is 22.0 Å². The number of nitro benzene ring substituents is 1. The van der Waals surface area contributed by atoms with E-state index >= 15 is 0 Å². The Hall–Kier alpha value is -2.18. The topological polar surface area (TPSA) is 92.5 Å². The van der Waals surface area contributed by atoms with Crippen molar-refractivity contribution in [2.24, 2.45) is 5.92 Å². The Bertz CT molecular complexity index is 527. The van der Waals surface area contributed by atoms with Crippen molar-refractivity contribution < 1.29 is 19.2 Å². The van der Waals surface area contributed by atoms with Gasteiger partial charge in [-0.2, -0.15) is 4.39 Å². The molecular weight excluding hydrogens is 267 g/mol. The van der Waals surface area contributed by atoms with Crippen molar-refractivity contribution >= 4 is 17.3 Å². The van der Waals surface area contributed by atoms with Crippen molar-refractivity contribution in [3.63, 3.8) is 0 Å². The van der Waals surface area contributed by atoms with E-state index in [1.807, 2.05) is 0 Å². The van der Waals surface area contributed by atoms with E-state index in [0.29, 0.717) is 25.7 Å². The van der Waals surface area contributed by atoms with Gasteiger partial charge < -0.3 is 10.4 Å². The monoisotopic (exact) mass is 282 g/mol. The number of carbonyl (C=O) groups is 1. The minimum atomic E-state index is -0.876. The van der Waals surface area contributed by atoms with Crippen LogP contribution in [0.15, 0.2) is 18.2 Å². The highest BCUT2D eigenvalue weighted by Gasteiger charge is 2.28. The van der Waals surface area contributed by atoms with Gasteiger partial charge in [-0.3, -0.25) is 14.9 Å². The first-order valence-electron chi connectivity index (χ1n) is 6.41. The van der Waals surface area contributed by atoms with E-state index in [9.17, 15) is 19.3 Å². The van der Waals surface area contributed by atoms with Gasteiger partial charge in [-0.25, -0.2) is 0 Å². The van der Waals surface area contributed by atoms with Crippen molar-refractivity contribution in [2.45, 2.75) is 31.7 Å². The zero-order chi connectivity index (χ0) is 14.7. The fraction of sp³-hybridized carbons (Fsp3) is 0.462. The van der Waals surface area contributed by atoms with Gasteiger partial charge in [-0.05, 0) is 37.8 Å². The Morgan fingerprint density at radius 3 is 2.55 bits per heavy atom. The molecule has 1 aliphatic rings. The fourth-order valence-corrected chi connectivity index (χ4v) is 2.52. The van der Waals surface area contributed by atoms with Crippen LogP contribution in [0.5, 0.6) is 0 Å². The molecule has 0 aromatic heterocycles. The Kier molecular flexibility index (Phi) is 4.16. The van der Waals surface area contributed by atoms with Crippen LogP contribution < -0.4 is 5.32 Å². The lowest BCUT2D eigenvalue weighted by molar-refractivity contribution is -0.386. The molecular formula is C13H15FN2O4. The molecule has 0 bridgehead atoms. The maximum atomic E-state index is 13.5. The first-order chi connectivity index (χ1) is 9.49. The molecule has 0 radical (unpaired) electrons. The number of aliphatic carboxylic acids is 1. The Balaban J connectivity index is 2.07. The number of anilines is 1. The number of nitrogens with one attached hydrogen (secondary N) is 1. The van der Waals surface area contributed by atoms with Crippen molar-refractivity contribution in [1.29, 1.82) is 0 Å². The summed E-state index contributed by atoms with van der Waals surface area (Å²) in [6.45, 7) is 0. The second-order valence-electron chi connectivity index (χ2n) is 4.92. The molecule has 2 rings (SSSR count). The molecule has 7 heteroatoms. The minimum Gasteiger partial charge on any atom is -0.481 e. The van der Waals surface area contributed by atoms with Gasteiger partial charge >= 0.3 is 11.7 Å². The van der Waals surface area contributed by atoms with Gasteiger partial charge in [0.1, 0.15) is 5.69 Å². The molecule has 1 aliphatic carbocycles. The standard InChI is InChI=1S/C13H15FN2O4/c14-10-2-1-3-11(12(10)16(19)20)15-9-6-4-8(5-7-9)13(17)18/h1-3,8-9,15H,4-7H2,(H,17,18). The van der Waals surface area contributed by atoms with E-state index in [1.54, 1.807) is 0 Å². The first-order valence-corrected chi connectivity index (χ1v) is 6.41. The van der Waals surface area contributed by atoms with Crippen LogP contribution in [0, 0.1) is 21.8 Å². The third-order valence-corrected chi connectivity index (χ3v) is 3.61. The molecule has 0 heterocycles. The van der Waals surface area contributed by atoms with Crippen molar-refractivity contribution in [1.82, 2.24) is 0 Å². The van der Waals surface area contributed by atoms with E-state index in [-0.39, 0.29) is 17.6 Å². The van der Waals surface area contributed by atoms with Gasteiger partial charge in [0.2, 0.25) is 5.82 Å². The number of hydrogen-bond acceptors (Lipinski definition) is 4. The normalized spacial score (nSPS) is 22.2. The lowest BCUT2D eigenvalue weighted by atomic mass is 9.86. The van der Waals surface area contributed by atoms with Crippen molar-refractivity contribution in [3.8, 4) is 0 Å². The smallest absolute Gasteiger partial charge is 0.327 e. The summed E-state index contributed by atoms with van der Waals surface area (Å²) in [5.41, 5.74) is -0.415. The van der Waals surface area contributed by atoms with E-state index in [4.69, 9.17) is 5.11 Å². The molecule has 0 saturated heterocycles. The molecule has 0 aliphatic heterocycles. The lowest BCUT2D eigenvalue weighted by Gasteiger charge is -2.27. The van der Waals surface area contributed by atoms with Crippen LogP contribution in [0.1, 0.15) is 25.7 Å². The third kappa shape index (κ3) is 3.04. The van der Waals surface area contributed by atoms with Gasteiger partial charge in [0.15, 0.2) is 0 Å². The van der Waals surface area contributed by atoms with Gasteiger partial charge in [0, 0.05) is 6.04 Å². The van der Waals surface area contributed by atoms with Crippen molar-refractivity contribution in [2.75, 3.05) is 5.32 Å². The zero-order valence-electron chi connectivity index (χ0n) is 10.7. The van der Waals surface area contributed by atoms with Crippen LogP contribution in [0.4, 0.5) is 15.8 Å². The van der Waals surface area contributed by atoms with E-state index in [2.05, 4.69) is 5.32 Å². The lowest BCUT2D eigenvalue weighted by Crippen LogP contribution is -2.29. The molecule has 6 nitrogen and oxygen atoms in total. The van der Waals surface area contributed by atoms with E-state index < -0.39 is 22.4 Å². The predicted molar refractivity (Wildman–Crippen MR) is 70.1 cm³/mol. The highest BCUT2D eigenvalue weighted by atomic mass is 19.1. The summed E-state index contributed by atoms with van der Waals surface area (Å²) >= 11 is 0. The molecule has 0 spiro atoms. The number of carboxylic acids is 1. The van der Waals surface area contributed by atoms with Crippen LogP contribution in [0.25, 0.3) is 0 Å². The molecule has 0 atom stereocenters. The quantitative estimate of drug-likeness (QED) is 0.654. The molecule has 1 saturated carbocycles. The number of nitro groups is 1. The number of hydrogen-bond donors (Lipinski definition) is 2. The van der Waals surface area contributed by atoms with Gasteiger partial charge in [0.25, 0.3) is 0 Å². The number of rotatable bonds is 4. The maximum Gasteiger partial charge on any atom is 0.327 e. The number of halogens is 1. The summed E-state index contributed by atoms with van der Waals surface area (Å²) in [5.74, 6) is -2.03. The Labute approximate surface area is 114 Å². The van der Waals surface area contributed by atoms with Crippen LogP contribution in [0.3, 0.4) is 0 Å². The largest absolute Gasteiger partial charge is 0.481 e. The molecule has 0 unspecified atom stereocenters. The summed E-state index contributed by atoms with van der Waals surface area (Å²) in [5, 5.41) is 22.7. The minimum absolute atomic E-state index is 0.0638. The summed E-state index contributed by atoms with van der Waals surface area (Å²) in [4.78, 5) is 21.0. The predicted octanol–water partition coefficient (Wildman–Crippen LogP) is 2.79. The number of nitrogens with zero attached hydrogens (tertiary/aromatic N) is 1. The summed E-state index contributed by atoms with van der Waals surface area (Å²) in [6, 6.07) is 3.86. The molecule has 1 aromatic carbocycles. The molecule has 2 N–H and O–H groups in total. The van der Waals surface area contributed by atoms with Crippen LogP contribution in [0.2, 0.25) is 0 Å². The Morgan fingerprint density at radius 2 is 2.00 bits per heavy atom. The summed E-state index contributed by atoms with van der Waals surface area (Å²) in [7, 11) is 0. The SMILES string of the molecule is O=C(O)C1CCC(Nc2cccc(F)c2[N+](=O)[O-])CC1. The average Bonchev–Trinajstić information content (AvgIpc) is 2.39. The second kappa shape index (κ2) is 5.85. The highest BCUT2D eigenvalue weighted by Crippen LogP contribution is 2.31. The molecule has 0 amide bonds. The van der Waals surface area contributed by atoms with Gasteiger partial charge in [-0.15, -0.1) is 0 Å². The molecule has 1 fully saturated rings. The summed E-state index contributed by atoms with van der Waals surface area (Å²) < 4.78 is 13.5. The Morgan fingerprint density at radius 1 is 1.35 bits per heavy atom. The van der Waals surface area contributed by atoms with Crippen LogP contribution >= 0.6 is 0 Å². The van der Waals surface area contributed by atoms with E-state index in [0.717, 1.165) is 6.07 Å². The van der Waals surface area contributed by atoms with Crippen LogP contribution in [-0.2, 0) is 4.79 Å². The number of benzene rings is 1. The van der Waals surface area contributed by atoms with Crippen molar-refractivity contribution in [3.05, 3.63) is 34.1 Å². The number of para-hydroxylation sites is 1. The first kappa shape index (κ1) is 14.2.